The summed E-state index contributed by atoms with van der Waals surface area (Å²) in [6.07, 6.45) is 0. The second-order valence-electron chi connectivity index (χ2n) is 11.4. The zero-order valence-electron chi connectivity index (χ0n) is 23.2. The molecule has 0 bridgehead atoms. The van der Waals surface area contributed by atoms with Crippen molar-refractivity contribution >= 4 is 71.1 Å². The molecular weight excluding hydrogens is 524 g/mol. The Labute approximate surface area is 246 Å². The number of fused-ring (bicyclic) bond motifs is 8. The first-order chi connectivity index (χ1) is 21.3. The number of hydrogen-bond acceptors (Lipinski definition) is 1. The van der Waals surface area contributed by atoms with Gasteiger partial charge >= 0.3 is 0 Å². The summed E-state index contributed by atoms with van der Waals surface area (Å²) in [7, 11) is 0. The first kappa shape index (κ1) is 22.8. The lowest BCUT2D eigenvalue weighted by molar-refractivity contribution is 0.669. The smallest absolute Gasteiger partial charge is 0.135 e. The van der Waals surface area contributed by atoms with Crippen LogP contribution < -0.4 is 0 Å². The van der Waals surface area contributed by atoms with Crippen LogP contribution in [0.2, 0.25) is 0 Å². The monoisotopic (exact) mass is 548 g/mol. The third-order valence-corrected chi connectivity index (χ3v) is 9.08. The molecule has 0 unspecified atom stereocenters. The third kappa shape index (κ3) is 3.08. The SMILES string of the molecule is c1ccc(-c2ccc3c(c2)n(-c2ccc4oc5ccccc5c4c2)c2cccc4ccc5c6ccccc6n3c5c42)cc1. The number of rotatable bonds is 2. The molecule has 3 heterocycles. The summed E-state index contributed by atoms with van der Waals surface area (Å²) in [6, 6.07) is 52.5. The highest BCUT2D eigenvalue weighted by atomic mass is 16.3. The fraction of sp³-hybridized carbons (Fsp3) is 0. The average Bonchev–Trinajstić information content (AvgIpc) is 3.57. The molecule has 10 rings (SSSR count). The van der Waals surface area contributed by atoms with Gasteiger partial charge in [0.15, 0.2) is 0 Å². The number of furan rings is 1. The van der Waals surface area contributed by atoms with E-state index in [9.17, 15) is 0 Å². The van der Waals surface area contributed by atoms with Crippen molar-refractivity contribution in [3.63, 3.8) is 0 Å². The lowest BCUT2D eigenvalue weighted by Gasteiger charge is -2.14. The van der Waals surface area contributed by atoms with Gasteiger partial charge in [0.1, 0.15) is 11.2 Å². The van der Waals surface area contributed by atoms with E-state index in [1.54, 1.807) is 0 Å². The normalized spacial score (nSPS) is 12.2. The zero-order chi connectivity index (χ0) is 28.1. The minimum Gasteiger partial charge on any atom is -0.456 e. The molecule has 3 nitrogen and oxygen atoms in total. The summed E-state index contributed by atoms with van der Waals surface area (Å²) in [4.78, 5) is 0. The first-order valence-electron chi connectivity index (χ1n) is 14.7. The minimum absolute atomic E-state index is 0.899. The van der Waals surface area contributed by atoms with Gasteiger partial charge < -0.3 is 13.4 Å². The summed E-state index contributed by atoms with van der Waals surface area (Å²) >= 11 is 0. The van der Waals surface area contributed by atoms with E-state index >= 15 is 0 Å². The zero-order valence-corrected chi connectivity index (χ0v) is 23.2. The van der Waals surface area contributed by atoms with Gasteiger partial charge in [0.25, 0.3) is 0 Å². The maximum Gasteiger partial charge on any atom is 0.135 e. The van der Waals surface area contributed by atoms with Crippen molar-refractivity contribution in [3.05, 3.63) is 146 Å². The molecule has 0 radical (unpaired) electrons. The first-order valence-corrected chi connectivity index (χ1v) is 14.7. The molecule has 0 amide bonds. The lowest BCUT2D eigenvalue weighted by Crippen LogP contribution is -1.98. The van der Waals surface area contributed by atoms with Crippen molar-refractivity contribution in [2.75, 3.05) is 0 Å². The van der Waals surface area contributed by atoms with E-state index < -0.39 is 0 Å². The van der Waals surface area contributed by atoms with E-state index in [1.165, 1.54) is 49.2 Å². The molecule has 0 saturated heterocycles. The van der Waals surface area contributed by atoms with E-state index in [0.717, 1.165) is 38.7 Å². The predicted molar refractivity (Wildman–Crippen MR) is 179 cm³/mol. The summed E-state index contributed by atoms with van der Waals surface area (Å²) in [5, 5.41) is 7.27. The highest BCUT2D eigenvalue weighted by Gasteiger charge is 2.19. The van der Waals surface area contributed by atoms with Gasteiger partial charge in [-0.05, 0) is 65.0 Å². The van der Waals surface area contributed by atoms with E-state index in [-0.39, 0.29) is 0 Å². The van der Waals surface area contributed by atoms with Crippen LogP contribution in [0.4, 0.5) is 0 Å². The van der Waals surface area contributed by atoms with Gasteiger partial charge in [-0.1, -0.05) is 97.1 Å². The molecule has 0 fully saturated rings. The molecule has 3 heteroatoms. The third-order valence-electron chi connectivity index (χ3n) is 9.08. The topological polar surface area (TPSA) is 22.5 Å². The van der Waals surface area contributed by atoms with Crippen LogP contribution in [0.1, 0.15) is 0 Å². The molecule has 0 N–H and O–H groups in total. The maximum atomic E-state index is 6.23. The Morgan fingerprint density at radius 3 is 2.14 bits per heavy atom. The Hall–Kier alpha value is -5.80. The van der Waals surface area contributed by atoms with Crippen molar-refractivity contribution < 1.29 is 4.42 Å². The molecule has 3 aromatic heterocycles. The number of aromatic nitrogens is 2. The highest BCUT2D eigenvalue weighted by Crippen LogP contribution is 2.41. The van der Waals surface area contributed by atoms with Crippen molar-refractivity contribution in [1.29, 1.82) is 0 Å². The summed E-state index contributed by atoms with van der Waals surface area (Å²) in [5.74, 6) is 0. The fourth-order valence-electron chi connectivity index (χ4n) is 7.21. The Kier molecular flexibility index (Phi) is 4.45. The predicted octanol–water partition coefficient (Wildman–Crippen LogP) is 10.9. The summed E-state index contributed by atoms with van der Waals surface area (Å²) < 4.78 is 11.2. The fourth-order valence-corrected chi connectivity index (χ4v) is 7.21. The Balaban J connectivity index is 1.48. The van der Waals surface area contributed by atoms with Crippen LogP contribution in [0, 0.1) is 0 Å². The van der Waals surface area contributed by atoms with Crippen molar-refractivity contribution in [3.8, 4) is 16.8 Å². The second-order valence-corrected chi connectivity index (χ2v) is 11.4. The lowest BCUT2D eigenvalue weighted by atomic mass is 10.0. The average molecular weight is 549 g/mol. The summed E-state index contributed by atoms with van der Waals surface area (Å²) in [5.41, 5.74) is 11.2. The van der Waals surface area contributed by atoms with Crippen molar-refractivity contribution in [2.24, 2.45) is 0 Å². The van der Waals surface area contributed by atoms with E-state index in [0.29, 0.717) is 0 Å². The van der Waals surface area contributed by atoms with Crippen LogP contribution in [0.3, 0.4) is 0 Å². The maximum absolute atomic E-state index is 6.23. The number of hydrogen-bond donors (Lipinski definition) is 0. The molecule has 0 spiro atoms. The minimum atomic E-state index is 0.899. The molecule has 43 heavy (non-hydrogen) atoms. The quantitative estimate of drug-likeness (QED) is 0.211. The van der Waals surface area contributed by atoms with Crippen LogP contribution >= 0.6 is 0 Å². The van der Waals surface area contributed by atoms with Crippen LogP contribution in [0.5, 0.6) is 0 Å². The Bertz CT molecular complexity index is 2720. The van der Waals surface area contributed by atoms with Crippen molar-refractivity contribution in [1.82, 2.24) is 8.97 Å². The standard InChI is InChI=1S/C40H24N2O/c1-2-9-25(10-3-1)27-18-21-34-36(23-27)41(28-19-22-38-32(24-28)30-13-5-7-16-37(30)43-38)35-15-8-11-26-17-20-31-29-12-4-6-14-33(29)42(34)40(31)39(26)35/h1-24H. The van der Waals surface area contributed by atoms with E-state index in [4.69, 9.17) is 4.42 Å². The highest BCUT2D eigenvalue weighted by molar-refractivity contribution is 6.23. The number of para-hydroxylation sites is 2. The van der Waals surface area contributed by atoms with Gasteiger partial charge in [-0.2, -0.15) is 0 Å². The summed E-state index contributed by atoms with van der Waals surface area (Å²) in [6.45, 7) is 0. The molecule has 200 valence electrons. The van der Waals surface area contributed by atoms with Gasteiger partial charge in [-0.15, -0.1) is 0 Å². The van der Waals surface area contributed by atoms with E-state index in [1.807, 2.05) is 12.1 Å². The number of benzene rings is 7. The van der Waals surface area contributed by atoms with E-state index in [2.05, 4.69) is 142 Å². The Morgan fingerprint density at radius 2 is 1.21 bits per heavy atom. The van der Waals surface area contributed by atoms with Gasteiger partial charge in [-0.3, -0.25) is 0 Å². The molecule has 0 atom stereocenters. The number of nitrogens with zero attached hydrogens (tertiary/aromatic N) is 2. The molecule has 0 aliphatic heterocycles. The van der Waals surface area contributed by atoms with Crippen LogP contribution in [-0.4, -0.2) is 8.97 Å². The second kappa shape index (κ2) is 8.37. The van der Waals surface area contributed by atoms with Gasteiger partial charge in [0, 0.05) is 32.6 Å². The van der Waals surface area contributed by atoms with Crippen LogP contribution in [-0.2, 0) is 0 Å². The van der Waals surface area contributed by atoms with Gasteiger partial charge in [0.2, 0.25) is 0 Å². The molecule has 0 saturated carbocycles. The largest absolute Gasteiger partial charge is 0.456 e. The molecule has 7 aromatic carbocycles. The molecule has 0 aliphatic carbocycles. The molecular formula is C40H24N2O. The van der Waals surface area contributed by atoms with Crippen LogP contribution in [0.25, 0.3) is 87.9 Å². The Morgan fingerprint density at radius 1 is 0.419 bits per heavy atom. The molecule has 0 aliphatic rings. The van der Waals surface area contributed by atoms with Crippen molar-refractivity contribution in [2.45, 2.75) is 0 Å². The van der Waals surface area contributed by atoms with Crippen LogP contribution in [0.15, 0.2) is 150 Å². The molecule has 10 aromatic rings. The van der Waals surface area contributed by atoms with Gasteiger partial charge in [0.05, 0.1) is 27.6 Å². The van der Waals surface area contributed by atoms with Gasteiger partial charge in [-0.25, -0.2) is 0 Å².